The number of ether oxygens (including phenoxy) is 1. The van der Waals surface area contributed by atoms with Gasteiger partial charge in [-0.05, 0) is 6.42 Å². The Hall–Kier alpha value is -2.16. The summed E-state index contributed by atoms with van der Waals surface area (Å²) >= 11 is 0. The number of esters is 1. The Morgan fingerprint density at radius 1 is 1.06 bits per heavy atom. The van der Waals surface area contributed by atoms with Crippen molar-refractivity contribution >= 4 is 23.9 Å². The van der Waals surface area contributed by atoms with E-state index in [1.54, 1.807) is 0 Å². The number of rotatable bonds is 7. The van der Waals surface area contributed by atoms with Crippen molar-refractivity contribution in [3.05, 3.63) is 0 Å². The maximum absolute atomic E-state index is 11.1. The van der Waals surface area contributed by atoms with Gasteiger partial charge in [0.15, 0.2) is 0 Å². The van der Waals surface area contributed by atoms with E-state index in [2.05, 4.69) is 4.74 Å². The minimum Gasteiger partial charge on any atom is -0.481 e. The summed E-state index contributed by atoms with van der Waals surface area (Å²) in [7, 11) is 0. The normalized spacial score (nSPS) is 11.9. The molecule has 0 aromatic carbocycles. The van der Waals surface area contributed by atoms with Gasteiger partial charge in [0.2, 0.25) is 0 Å². The van der Waals surface area contributed by atoms with Crippen LogP contribution in [0.25, 0.3) is 0 Å². The van der Waals surface area contributed by atoms with Crippen LogP contribution in [-0.2, 0) is 23.9 Å². The summed E-state index contributed by atoms with van der Waals surface area (Å²) in [5, 5.41) is 25.1. The third kappa shape index (κ3) is 5.47. The zero-order chi connectivity index (χ0) is 13.6. The quantitative estimate of drug-likeness (QED) is 0.302. The third-order valence-electron chi connectivity index (χ3n) is 1.65. The summed E-state index contributed by atoms with van der Waals surface area (Å²) in [6, 6.07) is -1.38. The number of aliphatic carboxylic acids is 3. The Morgan fingerprint density at radius 2 is 1.53 bits per heavy atom. The summed E-state index contributed by atoms with van der Waals surface area (Å²) < 4.78 is 4.11. The second-order valence-electron chi connectivity index (χ2n) is 3.03. The van der Waals surface area contributed by atoms with Crippen LogP contribution < -0.4 is 5.73 Å². The SMILES string of the molecule is N[C@@H](CCC(=O)O)C(=O)OC(C(=O)O)C(=O)O. The van der Waals surface area contributed by atoms with Crippen molar-refractivity contribution in [3.8, 4) is 0 Å². The van der Waals surface area contributed by atoms with E-state index in [1.165, 1.54) is 0 Å². The first-order chi connectivity index (χ1) is 7.75. The fraction of sp³-hybridized carbons (Fsp3) is 0.500. The molecule has 9 nitrogen and oxygen atoms in total. The third-order valence-corrected chi connectivity index (χ3v) is 1.65. The van der Waals surface area contributed by atoms with Crippen molar-refractivity contribution in [2.75, 3.05) is 0 Å². The number of hydrogen-bond donors (Lipinski definition) is 4. The van der Waals surface area contributed by atoms with Gasteiger partial charge in [0.05, 0.1) is 0 Å². The van der Waals surface area contributed by atoms with Crippen molar-refractivity contribution in [1.29, 1.82) is 0 Å². The molecule has 17 heavy (non-hydrogen) atoms. The molecule has 0 aromatic heterocycles. The van der Waals surface area contributed by atoms with Crippen molar-refractivity contribution in [2.45, 2.75) is 25.0 Å². The standard InChI is InChI=1S/C8H11NO8/c9-3(1-2-4(10)11)8(16)17-5(6(12)13)7(14)15/h3,5H,1-2,9H2,(H,10,11)(H,12,13)(H,14,15)/t3-/m0/s1. The lowest BCUT2D eigenvalue weighted by Crippen LogP contribution is -2.41. The van der Waals surface area contributed by atoms with Gasteiger partial charge in [-0.3, -0.25) is 9.59 Å². The van der Waals surface area contributed by atoms with Gasteiger partial charge in [0.25, 0.3) is 6.10 Å². The fourth-order valence-electron chi connectivity index (χ4n) is 0.807. The smallest absolute Gasteiger partial charge is 0.356 e. The molecular formula is C8H11NO8. The van der Waals surface area contributed by atoms with Gasteiger partial charge in [0, 0.05) is 6.42 Å². The lowest BCUT2D eigenvalue weighted by atomic mass is 10.2. The highest BCUT2D eigenvalue weighted by atomic mass is 16.6. The van der Waals surface area contributed by atoms with E-state index in [1.807, 2.05) is 0 Å². The predicted octanol–water partition coefficient (Wildman–Crippen LogP) is -1.74. The summed E-state index contributed by atoms with van der Waals surface area (Å²) in [5.41, 5.74) is 5.19. The minimum absolute atomic E-state index is 0.278. The van der Waals surface area contributed by atoms with Crippen LogP contribution >= 0.6 is 0 Å². The number of carbonyl (C=O) groups excluding carboxylic acids is 1. The van der Waals surface area contributed by atoms with Gasteiger partial charge in [0.1, 0.15) is 6.04 Å². The van der Waals surface area contributed by atoms with E-state index < -0.39 is 42.4 Å². The number of carboxylic acids is 3. The highest BCUT2D eigenvalue weighted by Crippen LogP contribution is 2.01. The van der Waals surface area contributed by atoms with Gasteiger partial charge in [-0.15, -0.1) is 0 Å². The van der Waals surface area contributed by atoms with Crippen LogP contribution in [0.2, 0.25) is 0 Å². The number of nitrogens with two attached hydrogens (primary N) is 1. The molecule has 96 valence electrons. The van der Waals surface area contributed by atoms with E-state index >= 15 is 0 Å². The zero-order valence-corrected chi connectivity index (χ0v) is 8.53. The maximum Gasteiger partial charge on any atom is 0.356 e. The Balaban J connectivity index is 4.36. The Morgan fingerprint density at radius 3 is 1.88 bits per heavy atom. The van der Waals surface area contributed by atoms with Crippen LogP contribution in [0.1, 0.15) is 12.8 Å². The molecule has 9 heteroatoms. The second-order valence-corrected chi connectivity index (χ2v) is 3.03. The van der Waals surface area contributed by atoms with E-state index in [9.17, 15) is 19.2 Å². The van der Waals surface area contributed by atoms with E-state index in [0.717, 1.165) is 0 Å². The molecule has 1 atom stereocenters. The van der Waals surface area contributed by atoms with Gasteiger partial charge >= 0.3 is 23.9 Å². The van der Waals surface area contributed by atoms with Crippen LogP contribution in [-0.4, -0.2) is 51.3 Å². The van der Waals surface area contributed by atoms with Gasteiger partial charge < -0.3 is 25.8 Å². The monoisotopic (exact) mass is 249 g/mol. The molecule has 0 aliphatic carbocycles. The van der Waals surface area contributed by atoms with Gasteiger partial charge in [-0.25, -0.2) is 9.59 Å². The summed E-state index contributed by atoms with van der Waals surface area (Å²) in [4.78, 5) is 42.0. The molecule has 0 amide bonds. The van der Waals surface area contributed by atoms with Crippen molar-refractivity contribution in [1.82, 2.24) is 0 Å². The summed E-state index contributed by atoms with van der Waals surface area (Å²) in [5.74, 6) is -6.17. The van der Waals surface area contributed by atoms with E-state index in [-0.39, 0.29) is 6.42 Å². The average molecular weight is 249 g/mol. The lowest BCUT2D eigenvalue weighted by molar-refractivity contribution is -0.175. The number of hydrogen-bond acceptors (Lipinski definition) is 6. The lowest BCUT2D eigenvalue weighted by Gasteiger charge is -2.13. The fourth-order valence-corrected chi connectivity index (χ4v) is 0.807. The summed E-state index contributed by atoms with van der Waals surface area (Å²) in [6.45, 7) is 0. The van der Waals surface area contributed by atoms with Gasteiger partial charge in [-0.1, -0.05) is 0 Å². The van der Waals surface area contributed by atoms with Crippen LogP contribution in [0.3, 0.4) is 0 Å². The highest BCUT2D eigenvalue weighted by molar-refractivity contribution is 5.98. The first kappa shape index (κ1) is 14.8. The largest absolute Gasteiger partial charge is 0.481 e. The van der Waals surface area contributed by atoms with E-state index in [4.69, 9.17) is 21.1 Å². The molecule has 0 rings (SSSR count). The van der Waals surface area contributed by atoms with Crippen molar-refractivity contribution in [3.63, 3.8) is 0 Å². The van der Waals surface area contributed by atoms with Crippen molar-refractivity contribution in [2.24, 2.45) is 5.73 Å². The maximum atomic E-state index is 11.1. The molecule has 0 aromatic rings. The second kappa shape index (κ2) is 6.43. The Labute approximate surface area is 94.8 Å². The van der Waals surface area contributed by atoms with Crippen LogP contribution in [0.5, 0.6) is 0 Å². The number of carbonyl (C=O) groups is 4. The molecule has 0 aliphatic heterocycles. The molecule has 0 aliphatic rings. The molecule has 0 saturated carbocycles. The summed E-state index contributed by atoms with van der Waals surface area (Å²) in [6.07, 6.45) is -3.04. The minimum atomic E-state index is -2.35. The molecule has 0 unspecified atom stereocenters. The average Bonchev–Trinajstić information content (AvgIpc) is 2.20. The molecular weight excluding hydrogens is 238 g/mol. The molecule has 0 heterocycles. The van der Waals surface area contributed by atoms with E-state index in [0.29, 0.717) is 0 Å². The predicted molar refractivity (Wildman–Crippen MR) is 50.0 cm³/mol. The number of carboxylic acid groups (broad SMARTS) is 3. The molecule has 0 radical (unpaired) electrons. The molecule has 0 spiro atoms. The van der Waals surface area contributed by atoms with Crippen LogP contribution in [0.4, 0.5) is 0 Å². The Kier molecular flexibility index (Phi) is 5.61. The van der Waals surface area contributed by atoms with Gasteiger partial charge in [-0.2, -0.15) is 0 Å². The van der Waals surface area contributed by atoms with Crippen LogP contribution in [0.15, 0.2) is 0 Å². The van der Waals surface area contributed by atoms with Crippen molar-refractivity contribution < 1.29 is 39.2 Å². The zero-order valence-electron chi connectivity index (χ0n) is 8.53. The Bertz CT molecular complexity index is 324. The highest BCUT2D eigenvalue weighted by Gasteiger charge is 2.32. The first-order valence-corrected chi connectivity index (χ1v) is 4.39. The molecule has 0 fully saturated rings. The first-order valence-electron chi connectivity index (χ1n) is 4.39. The van der Waals surface area contributed by atoms with Crippen LogP contribution in [0, 0.1) is 0 Å². The topological polar surface area (TPSA) is 164 Å². The molecule has 5 N–H and O–H groups in total. The molecule has 0 saturated heterocycles. The molecule has 0 bridgehead atoms.